The smallest absolute Gasteiger partial charge is 0.0573 e. The van der Waals surface area contributed by atoms with Gasteiger partial charge in [-0.15, -0.1) is 0 Å². The zero-order valence-corrected chi connectivity index (χ0v) is 10.6. The van der Waals surface area contributed by atoms with E-state index in [4.69, 9.17) is 0 Å². The highest BCUT2D eigenvalue weighted by Crippen LogP contribution is 2.16. The van der Waals surface area contributed by atoms with Crippen LogP contribution in [0, 0.1) is 0 Å². The maximum atomic E-state index is 4.37. The van der Waals surface area contributed by atoms with E-state index in [1.165, 1.54) is 0 Å². The Morgan fingerprint density at radius 3 is 2.93 bits per heavy atom. The van der Waals surface area contributed by atoms with Crippen molar-refractivity contribution in [3.8, 4) is 0 Å². The average Bonchev–Trinajstić information content (AvgIpc) is 2.25. The summed E-state index contributed by atoms with van der Waals surface area (Å²) in [6.07, 6.45) is 4.07. The van der Waals surface area contributed by atoms with Crippen LogP contribution in [0.5, 0.6) is 0 Å². The molecule has 0 saturated heterocycles. The van der Waals surface area contributed by atoms with Crippen LogP contribution in [0.1, 0.15) is 31.5 Å². The summed E-state index contributed by atoms with van der Waals surface area (Å²) in [5.74, 6) is 0. The molecule has 2 nitrogen and oxygen atoms in total. The summed E-state index contributed by atoms with van der Waals surface area (Å²) in [6, 6.07) is 6.35. The average molecular weight is 269 g/mol. The van der Waals surface area contributed by atoms with Crippen LogP contribution >= 0.6 is 15.9 Å². The Balaban J connectivity index is 2.61. The number of rotatable bonds is 6. The Bertz CT molecular complexity index is 298. The van der Waals surface area contributed by atoms with Crippen LogP contribution in [0.3, 0.4) is 0 Å². The fraction of sp³-hybridized carbons (Fsp3) is 0.417. The Kier molecular flexibility index (Phi) is 5.58. The van der Waals surface area contributed by atoms with Crippen LogP contribution in [-0.2, 0) is 0 Å². The highest BCUT2D eigenvalue weighted by atomic mass is 79.9. The van der Waals surface area contributed by atoms with Gasteiger partial charge in [0, 0.05) is 23.3 Å². The molecule has 1 aromatic rings. The third-order valence-electron chi connectivity index (χ3n) is 2.16. The molecule has 82 valence electrons. The number of nitrogens with one attached hydrogen (secondary N) is 1. The van der Waals surface area contributed by atoms with Gasteiger partial charge in [0.15, 0.2) is 0 Å². The lowest BCUT2D eigenvalue weighted by Gasteiger charge is -2.17. The topological polar surface area (TPSA) is 24.9 Å². The van der Waals surface area contributed by atoms with Gasteiger partial charge in [-0.3, -0.25) is 4.98 Å². The Labute approximate surface area is 99.9 Å². The lowest BCUT2D eigenvalue weighted by Crippen LogP contribution is -2.23. The van der Waals surface area contributed by atoms with Crippen LogP contribution in [0.4, 0.5) is 0 Å². The number of hydrogen-bond acceptors (Lipinski definition) is 2. The van der Waals surface area contributed by atoms with Gasteiger partial charge >= 0.3 is 0 Å². The van der Waals surface area contributed by atoms with E-state index < -0.39 is 0 Å². The second kappa shape index (κ2) is 6.75. The quantitative estimate of drug-likeness (QED) is 0.855. The lowest BCUT2D eigenvalue weighted by molar-refractivity contribution is 0.508. The number of pyridine rings is 1. The second-order valence-electron chi connectivity index (χ2n) is 3.49. The maximum absolute atomic E-state index is 4.37. The molecule has 1 aromatic heterocycles. The summed E-state index contributed by atoms with van der Waals surface area (Å²) in [5, 5.41) is 3.43. The largest absolute Gasteiger partial charge is 0.304 e. The van der Waals surface area contributed by atoms with E-state index in [1.807, 2.05) is 18.3 Å². The number of aromatic nitrogens is 1. The van der Waals surface area contributed by atoms with Crippen LogP contribution < -0.4 is 5.32 Å². The van der Waals surface area contributed by atoms with E-state index in [9.17, 15) is 0 Å². The van der Waals surface area contributed by atoms with E-state index in [2.05, 4.69) is 45.8 Å². The van der Waals surface area contributed by atoms with Gasteiger partial charge in [-0.2, -0.15) is 0 Å². The molecular weight excluding hydrogens is 252 g/mol. The van der Waals surface area contributed by atoms with Gasteiger partial charge in [-0.25, -0.2) is 0 Å². The van der Waals surface area contributed by atoms with Gasteiger partial charge in [0.1, 0.15) is 0 Å². The monoisotopic (exact) mass is 268 g/mol. The molecule has 1 unspecified atom stereocenters. The Morgan fingerprint density at radius 2 is 2.40 bits per heavy atom. The molecule has 3 heteroatoms. The third kappa shape index (κ3) is 4.58. The number of halogens is 1. The SMILES string of the molecule is C=C(Br)CNC(CCC)c1ccccn1. The fourth-order valence-corrected chi connectivity index (χ4v) is 1.62. The first kappa shape index (κ1) is 12.4. The van der Waals surface area contributed by atoms with Crippen molar-refractivity contribution in [2.75, 3.05) is 6.54 Å². The summed E-state index contributed by atoms with van der Waals surface area (Å²) >= 11 is 3.35. The molecule has 15 heavy (non-hydrogen) atoms. The highest BCUT2D eigenvalue weighted by molar-refractivity contribution is 9.11. The molecule has 0 spiro atoms. The van der Waals surface area contributed by atoms with Crippen molar-refractivity contribution in [1.29, 1.82) is 0 Å². The molecule has 1 heterocycles. The van der Waals surface area contributed by atoms with Crippen molar-refractivity contribution < 1.29 is 0 Å². The molecule has 0 aliphatic carbocycles. The molecule has 0 aliphatic rings. The molecule has 0 aromatic carbocycles. The molecular formula is C12H17BrN2. The zero-order chi connectivity index (χ0) is 11.1. The minimum Gasteiger partial charge on any atom is -0.304 e. The lowest BCUT2D eigenvalue weighted by atomic mass is 10.1. The third-order valence-corrected chi connectivity index (χ3v) is 2.44. The predicted molar refractivity (Wildman–Crippen MR) is 68.0 cm³/mol. The molecule has 1 N–H and O–H groups in total. The van der Waals surface area contributed by atoms with Gasteiger partial charge in [-0.1, -0.05) is 41.9 Å². The summed E-state index contributed by atoms with van der Waals surface area (Å²) in [4.78, 5) is 4.37. The van der Waals surface area contributed by atoms with Gasteiger partial charge in [0.05, 0.1) is 5.69 Å². The second-order valence-corrected chi connectivity index (χ2v) is 4.62. The van der Waals surface area contributed by atoms with Crippen LogP contribution in [0.15, 0.2) is 35.5 Å². The first-order valence-electron chi connectivity index (χ1n) is 5.21. The van der Waals surface area contributed by atoms with Gasteiger partial charge in [0.2, 0.25) is 0 Å². The van der Waals surface area contributed by atoms with Crippen LogP contribution in [0.2, 0.25) is 0 Å². The minimum absolute atomic E-state index is 0.325. The maximum Gasteiger partial charge on any atom is 0.0573 e. The number of hydrogen-bond donors (Lipinski definition) is 1. The first-order valence-corrected chi connectivity index (χ1v) is 6.01. The molecule has 0 saturated carbocycles. The molecule has 0 amide bonds. The Hall–Kier alpha value is -0.670. The van der Waals surface area contributed by atoms with Gasteiger partial charge < -0.3 is 5.32 Å². The van der Waals surface area contributed by atoms with E-state index >= 15 is 0 Å². The van der Waals surface area contributed by atoms with Crippen molar-refractivity contribution in [1.82, 2.24) is 10.3 Å². The standard InChI is InChI=1S/C12H17BrN2/c1-3-6-11(15-9-10(2)13)12-7-4-5-8-14-12/h4-5,7-8,11,15H,2-3,6,9H2,1H3. The summed E-state index contributed by atoms with van der Waals surface area (Å²) < 4.78 is 0.972. The number of nitrogens with zero attached hydrogens (tertiary/aromatic N) is 1. The van der Waals surface area contributed by atoms with E-state index in [0.29, 0.717) is 6.04 Å². The van der Waals surface area contributed by atoms with Crippen molar-refractivity contribution >= 4 is 15.9 Å². The van der Waals surface area contributed by atoms with Gasteiger partial charge in [-0.05, 0) is 18.6 Å². The fourth-order valence-electron chi connectivity index (χ4n) is 1.46. The summed E-state index contributed by atoms with van der Waals surface area (Å²) in [5.41, 5.74) is 1.10. The van der Waals surface area contributed by atoms with Crippen molar-refractivity contribution in [3.63, 3.8) is 0 Å². The predicted octanol–water partition coefficient (Wildman–Crippen LogP) is 3.42. The molecule has 0 fully saturated rings. The van der Waals surface area contributed by atoms with Crippen LogP contribution in [0.25, 0.3) is 0 Å². The molecule has 1 atom stereocenters. The van der Waals surface area contributed by atoms with Gasteiger partial charge in [0.25, 0.3) is 0 Å². The molecule has 1 rings (SSSR count). The van der Waals surface area contributed by atoms with E-state index in [-0.39, 0.29) is 0 Å². The van der Waals surface area contributed by atoms with Crippen molar-refractivity contribution in [2.45, 2.75) is 25.8 Å². The van der Waals surface area contributed by atoms with Crippen molar-refractivity contribution in [3.05, 3.63) is 41.2 Å². The Morgan fingerprint density at radius 1 is 1.60 bits per heavy atom. The molecule has 0 bridgehead atoms. The summed E-state index contributed by atoms with van der Waals surface area (Å²) in [6.45, 7) is 6.77. The normalized spacial score (nSPS) is 12.4. The first-order chi connectivity index (χ1) is 7.24. The van der Waals surface area contributed by atoms with E-state index in [0.717, 1.165) is 29.6 Å². The summed E-state index contributed by atoms with van der Waals surface area (Å²) in [7, 11) is 0. The minimum atomic E-state index is 0.325. The molecule has 0 aliphatic heterocycles. The van der Waals surface area contributed by atoms with E-state index in [1.54, 1.807) is 0 Å². The zero-order valence-electron chi connectivity index (χ0n) is 9.04. The molecule has 0 radical (unpaired) electrons. The highest BCUT2D eigenvalue weighted by Gasteiger charge is 2.10. The van der Waals surface area contributed by atoms with Crippen molar-refractivity contribution in [2.24, 2.45) is 0 Å². The van der Waals surface area contributed by atoms with Crippen LogP contribution in [-0.4, -0.2) is 11.5 Å².